The van der Waals surface area contributed by atoms with Gasteiger partial charge in [0.2, 0.25) is 0 Å². The van der Waals surface area contributed by atoms with Crippen molar-refractivity contribution in [2.45, 2.75) is 12.3 Å². The minimum absolute atomic E-state index is 0.0711. The van der Waals surface area contributed by atoms with E-state index in [0.717, 1.165) is 22.0 Å². The molecule has 0 spiro atoms. The van der Waals surface area contributed by atoms with Crippen molar-refractivity contribution in [3.05, 3.63) is 69.0 Å². The van der Waals surface area contributed by atoms with E-state index in [1.54, 1.807) is 0 Å². The van der Waals surface area contributed by atoms with E-state index in [1.165, 1.54) is 0 Å². The summed E-state index contributed by atoms with van der Waals surface area (Å²) >= 11 is 12.6. The molecule has 3 aliphatic rings. The van der Waals surface area contributed by atoms with Gasteiger partial charge in [-0.05, 0) is 30.2 Å². The molecule has 0 saturated heterocycles. The number of carbonyl (C=O) groups is 1. The highest BCUT2D eigenvalue weighted by Crippen LogP contribution is 2.48. The molecule has 1 N–H and O–H groups in total. The molecular formula is C17H13Cl2NO2. The molecule has 0 saturated carbocycles. The molecule has 4 rings (SSSR count). The highest BCUT2D eigenvalue weighted by atomic mass is 35.5. The first kappa shape index (κ1) is 13.9. The predicted molar refractivity (Wildman–Crippen MR) is 85.4 cm³/mol. The third kappa shape index (κ3) is 2.08. The van der Waals surface area contributed by atoms with Crippen LogP contribution in [0.1, 0.15) is 17.9 Å². The molecule has 0 amide bonds. The summed E-state index contributed by atoms with van der Waals surface area (Å²) in [6.45, 7) is 0.288. The quantitative estimate of drug-likeness (QED) is 0.793. The summed E-state index contributed by atoms with van der Waals surface area (Å²) in [5.41, 5.74) is 3.52. The van der Waals surface area contributed by atoms with Gasteiger partial charge in [0.15, 0.2) is 0 Å². The molecule has 2 heterocycles. The van der Waals surface area contributed by atoms with Crippen molar-refractivity contribution >= 4 is 29.2 Å². The third-order valence-corrected chi connectivity index (χ3v) is 5.02. The molecule has 3 nitrogen and oxygen atoms in total. The molecule has 2 aliphatic heterocycles. The Morgan fingerprint density at radius 1 is 1.18 bits per heavy atom. The van der Waals surface area contributed by atoms with E-state index < -0.39 is 0 Å². The van der Waals surface area contributed by atoms with Gasteiger partial charge in [0.25, 0.3) is 0 Å². The zero-order chi connectivity index (χ0) is 15.3. The molecule has 2 atom stereocenters. The number of esters is 1. The molecular weight excluding hydrogens is 321 g/mol. The minimum atomic E-state index is -0.267. The normalized spacial score (nSPS) is 26.5. The maximum absolute atomic E-state index is 12.2. The average Bonchev–Trinajstić information content (AvgIpc) is 2.87. The zero-order valence-corrected chi connectivity index (χ0v) is 13.1. The maximum atomic E-state index is 12.2. The molecule has 0 fully saturated rings. The van der Waals surface area contributed by atoms with Crippen LogP contribution in [0.25, 0.3) is 0 Å². The second-order valence-corrected chi connectivity index (χ2v) is 6.53. The smallest absolute Gasteiger partial charge is 0.336 e. The van der Waals surface area contributed by atoms with E-state index in [1.807, 2.05) is 36.4 Å². The van der Waals surface area contributed by atoms with Crippen LogP contribution in [-0.2, 0) is 9.53 Å². The van der Waals surface area contributed by atoms with Crippen LogP contribution in [0.5, 0.6) is 0 Å². The Kier molecular flexibility index (Phi) is 3.28. The fourth-order valence-corrected chi connectivity index (χ4v) is 3.92. The predicted octanol–water partition coefficient (Wildman–Crippen LogP) is 3.86. The van der Waals surface area contributed by atoms with Gasteiger partial charge in [0.05, 0.1) is 11.3 Å². The van der Waals surface area contributed by atoms with Crippen LogP contribution in [0.15, 0.2) is 58.4 Å². The lowest BCUT2D eigenvalue weighted by molar-refractivity contribution is -0.136. The fraction of sp³-hybridized carbons (Fsp3) is 0.235. The summed E-state index contributed by atoms with van der Waals surface area (Å²) in [5.74, 6) is -0.326. The number of hydrogen-bond acceptors (Lipinski definition) is 3. The SMILES string of the molecule is O=C1OCC2=C1C(c1ccccc1Cl)C1CC(Cl)=CC=C1N2. The standard InChI is InChI=1S/C17H13Cl2NO2/c18-9-5-6-13-11(7-9)15(10-3-1-2-4-12(10)19)16-14(20-13)8-22-17(16)21/h1-6,11,15,20H,7-8H2. The number of nitrogens with one attached hydrogen (secondary N) is 1. The molecule has 5 heteroatoms. The lowest BCUT2D eigenvalue weighted by Crippen LogP contribution is -2.34. The second kappa shape index (κ2) is 5.18. The van der Waals surface area contributed by atoms with Gasteiger partial charge in [-0.15, -0.1) is 0 Å². The van der Waals surface area contributed by atoms with Gasteiger partial charge in [-0.25, -0.2) is 4.79 Å². The van der Waals surface area contributed by atoms with E-state index in [2.05, 4.69) is 5.32 Å². The van der Waals surface area contributed by atoms with Crippen molar-refractivity contribution in [3.63, 3.8) is 0 Å². The maximum Gasteiger partial charge on any atom is 0.336 e. The summed E-state index contributed by atoms with van der Waals surface area (Å²) < 4.78 is 5.23. The monoisotopic (exact) mass is 333 g/mol. The molecule has 1 aromatic rings. The first-order valence-electron chi connectivity index (χ1n) is 7.13. The lowest BCUT2D eigenvalue weighted by atomic mass is 9.73. The van der Waals surface area contributed by atoms with Crippen LogP contribution in [0, 0.1) is 5.92 Å². The van der Waals surface area contributed by atoms with E-state index in [9.17, 15) is 4.79 Å². The Morgan fingerprint density at radius 3 is 2.82 bits per heavy atom. The third-order valence-electron chi connectivity index (χ3n) is 4.40. The van der Waals surface area contributed by atoms with E-state index >= 15 is 0 Å². The highest BCUT2D eigenvalue weighted by Gasteiger charge is 2.44. The Balaban J connectivity index is 1.90. The molecule has 0 aromatic heterocycles. The summed E-state index contributed by atoms with van der Waals surface area (Å²) in [7, 11) is 0. The van der Waals surface area contributed by atoms with Gasteiger partial charge < -0.3 is 10.1 Å². The van der Waals surface area contributed by atoms with Gasteiger partial charge in [0, 0.05) is 27.6 Å². The molecule has 22 heavy (non-hydrogen) atoms. The number of hydrogen-bond donors (Lipinski definition) is 1. The van der Waals surface area contributed by atoms with Crippen molar-refractivity contribution in [2.24, 2.45) is 5.92 Å². The van der Waals surface area contributed by atoms with Gasteiger partial charge in [-0.2, -0.15) is 0 Å². The fourth-order valence-electron chi connectivity index (χ4n) is 3.43. The topological polar surface area (TPSA) is 38.3 Å². The zero-order valence-electron chi connectivity index (χ0n) is 11.6. The lowest BCUT2D eigenvalue weighted by Gasteiger charge is -2.36. The number of cyclic esters (lactones) is 1. The van der Waals surface area contributed by atoms with Gasteiger partial charge in [-0.1, -0.05) is 41.4 Å². The average molecular weight is 334 g/mol. The van der Waals surface area contributed by atoms with Gasteiger partial charge in [0.1, 0.15) is 6.61 Å². The molecule has 2 unspecified atom stereocenters. The van der Waals surface area contributed by atoms with Crippen LogP contribution in [0.2, 0.25) is 5.02 Å². The number of allylic oxidation sites excluding steroid dienone is 4. The number of ether oxygens (including phenoxy) is 1. The van der Waals surface area contributed by atoms with E-state index in [-0.39, 0.29) is 24.4 Å². The summed E-state index contributed by atoms with van der Waals surface area (Å²) in [6, 6.07) is 7.65. The van der Waals surface area contributed by atoms with Crippen molar-refractivity contribution < 1.29 is 9.53 Å². The Labute approximate surface area is 138 Å². The number of carbonyl (C=O) groups excluding carboxylic acids is 1. The Bertz CT molecular complexity index is 764. The number of benzene rings is 1. The number of fused-ring (bicyclic) bond motifs is 1. The summed E-state index contributed by atoms with van der Waals surface area (Å²) in [5, 5.41) is 4.77. The number of halogens is 2. The molecule has 112 valence electrons. The first-order valence-corrected chi connectivity index (χ1v) is 7.88. The largest absolute Gasteiger partial charge is 0.456 e. The van der Waals surface area contributed by atoms with Crippen LogP contribution in [0.3, 0.4) is 0 Å². The molecule has 1 aromatic carbocycles. The van der Waals surface area contributed by atoms with Gasteiger partial charge >= 0.3 is 5.97 Å². The summed E-state index contributed by atoms with van der Waals surface area (Å²) in [4.78, 5) is 12.2. The van der Waals surface area contributed by atoms with Crippen molar-refractivity contribution in [2.75, 3.05) is 6.61 Å². The molecule has 1 aliphatic carbocycles. The minimum Gasteiger partial charge on any atom is -0.456 e. The van der Waals surface area contributed by atoms with E-state index in [4.69, 9.17) is 27.9 Å². The van der Waals surface area contributed by atoms with Crippen molar-refractivity contribution in [1.29, 1.82) is 0 Å². The van der Waals surface area contributed by atoms with Crippen LogP contribution in [0.4, 0.5) is 0 Å². The van der Waals surface area contributed by atoms with Gasteiger partial charge in [-0.3, -0.25) is 0 Å². The Hall–Kier alpha value is -1.71. The van der Waals surface area contributed by atoms with Crippen LogP contribution >= 0.6 is 23.2 Å². The Morgan fingerprint density at radius 2 is 2.00 bits per heavy atom. The van der Waals surface area contributed by atoms with Crippen molar-refractivity contribution in [3.8, 4) is 0 Å². The second-order valence-electron chi connectivity index (χ2n) is 5.64. The summed E-state index contributed by atoms with van der Waals surface area (Å²) in [6.07, 6.45) is 4.56. The van der Waals surface area contributed by atoms with Crippen LogP contribution in [-0.4, -0.2) is 12.6 Å². The molecule has 0 radical (unpaired) electrons. The van der Waals surface area contributed by atoms with E-state index in [0.29, 0.717) is 17.0 Å². The van der Waals surface area contributed by atoms with Crippen LogP contribution < -0.4 is 5.32 Å². The first-order chi connectivity index (χ1) is 10.6. The van der Waals surface area contributed by atoms with Crippen molar-refractivity contribution in [1.82, 2.24) is 5.32 Å². The highest BCUT2D eigenvalue weighted by molar-refractivity contribution is 6.31. The molecule has 0 bridgehead atoms. The number of rotatable bonds is 1.